The first-order chi connectivity index (χ1) is 12.9. The Morgan fingerprint density at radius 2 is 2.04 bits per heavy atom. The normalized spacial score (nSPS) is 10.1. The average molecular weight is 396 g/mol. The Bertz CT molecular complexity index is 822. The van der Waals surface area contributed by atoms with Gasteiger partial charge in [0.25, 0.3) is 11.8 Å². The maximum absolute atomic E-state index is 12.2. The number of methoxy groups -OCH3 is 1. The van der Waals surface area contributed by atoms with Gasteiger partial charge in [0, 0.05) is 5.56 Å². The van der Waals surface area contributed by atoms with Crippen LogP contribution in [0, 0.1) is 0 Å². The van der Waals surface area contributed by atoms with Gasteiger partial charge in [-0.15, -0.1) is 0 Å². The van der Waals surface area contributed by atoms with Gasteiger partial charge in [-0.05, 0) is 24.3 Å². The van der Waals surface area contributed by atoms with Crippen LogP contribution in [-0.4, -0.2) is 38.0 Å². The van der Waals surface area contributed by atoms with E-state index in [1.807, 2.05) is 0 Å². The maximum Gasteiger partial charge on any atom is 0.255 e. The lowest BCUT2D eigenvalue weighted by atomic mass is 10.2. The van der Waals surface area contributed by atoms with Gasteiger partial charge in [0.1, 0.15) is 5.76 Å². The van der Waals surface area contributed by atoms with Crippen molar-refractivity contribution >= 4 is 29.3 Å². The van der Waals surface area contributed by atoms with Crippen LogP contribution >= 0.6 is 11.6 Å². The monoisotopic (exact) mass is 395 g/mol. The first kappa shape index (κ1) is 20.1. The van der Waals surface area contributed by atoms with Gasteiger partial charge in [-0.3, -0.25) is 14.4 Å². The zero-order valence-electron chi connectivity index (χ0n) is 14.4. The maximum atomic E-state index is 12.2. The minimum atomic E-state index is -0.685. The first-order valence-corrected chi connectivity index (χ1v) is 8.14. The highest BCUT2D eigenvalue weighted by Gasteiger charge is 2.17. The van der Waals surface area contributed by atoms with Crippen LogP contribution in [0.3, 0.4) is 0 Å². The summed E-state index contributed by atoms with van der Waals surface area (Å²) >= 11 is 6.08. The molecule has 0 aliphatic heterocycles. The number of nitrogens with one attached hydrogen (secondary N) is 2. The van der Waals surface area contributed by atoms with Gasteiger partial charge in [-0.1, -0.05) is 11.6 Å². The van der Waals surface area contributed by atoms with E-state index in [1.165, 1.54) is 25.5 Å². The smallest absolute Gasteiger partial charge is 0.255 e. The molecule has 2 rings (SSSR count). The fourth-order valence-corrected chi connectivity index (χ4v) is 2.32. The van der Waals surface area contributed by atoms with Gasteiger partial charge < -0.3 is 30.3 Å². The summed E-state index contributed by atoms with van der Waals surface area (Å²) in [5.74, 6) is -0.779. The van der Waals surface area contributed by atoms with Crippen molar-refractivity contribution in [2.24, 2.45) is 5.73 Å². The summed E-state index contributed by atoms with van der Waals surface area (Å²) in [5, 5.41) is 5.13. The van der Waals surface area contributed by atoms with E-state index in [9.17, 15) is 14.4 Å². The molecule has 0 atom stereocenters. The van der Waals surface area contributed by atoms with Crippen LogP contribution in [0.15, 0.2) is 34.9 Å². The van der Waals surface area contributed by atoms with Crippen molar-refractivity contribution in [1.82, 2.24) is 10.6 Å². The third-order valence-corrected chi connectivity index (χ3v) is 3.58. The molecule has 0 aliphatic rings. The molecule has 144 valence electrons. The summed E-state index contributed by atoms with van der Waals surface area (Å²) in [6.45, 7) is -0.413. The molecule has 0 unspecified atom stereocenters. The predicted octanol–water partition coefficient (Wildman–Crippen LogP) is 0.852. The van der Waals surface area contributed by atoms with E-state index in [2.05, 4.69) is 10.6 Å². The molecule has 2 aromatic rings. The van der Waals surface area contributed by atoms with Crippen LogP contribution in [0.2, 0.25) is 5.02 Å². The number of halogens is 1. The number of amides is 3. The molecule has 3 amide bonds. The fraction of sp³-hybridized carbons (Fsp3) is 0.235. The lowest BCUT2D eigenvalue weighted by Crippen LogP contribution is -2.36. The second kappa shape index (κ2) is 9.48. The first-order valence-electron chi connectivity index (χ1n) is 7.76. The molecule has 0 bridgehead atoms. The van der Waals surface area contributed by atoms with Crippen molar-refractivity contribution in [3.63, 3.8) is 0 Å². The SMILES string of the molecule is COc1cc(C(=O)NCC(=O)NCc2ccco2)cc(Cl)c1OCC(N)=O. The van der Waals surface area contributed by atoms with E-state index in [1.54, 1.807) is 12.1 Å². The Balaban J connectivity index is 1.95. The zero-order chi connectivity index (χ0) is 19.8. The Kier molecular flexibility index (Phi) is 7.07. The number of furan rings is 1. The summed E-state index contributed by atoms with van der Waals surface area (Å²) in [7, 11) is 1.35. The van der Waals surface area contributed by atoms with Crippen LogP contribution in [0.25, 0.3) is 0 Å². The molecule has 27 heavy (non-hydrogen) atoms. The van der Waals surface area contributed by atoms with Crippen molar-refractivity contribution in [2.45, 2.75) is 6.54 Å². The molecule has 0 saturated carbocycles. The number of carbonyl (C=O) groups is 3. The van der Waals surface area contributed by atoms with Crippen molar-refractivity contribution in [1.29, 1.82) is 0 Å². The quantitative estimate of drug-likeness (QED) is 0.576. The van der Waals surface area contributed by atoms with Gasteiger partial charge in [0.05, 0.1) is 31.5 Å². The van der Waals surface area contributed by atoms with E-state index < -0.39 is 18.4 Å². The molecule has 0 aliphatic carbocycles. The topological polar surface area (TPSA) is 133 Å². The number of nitrogens with two attached hydrogens (primary N) is 1. The third kappa shape index (κ3) is 5.93. The predicted molar refractivity (Wildman–Crippen MR) is 95.6 cm³/mol. The number of ether oxygens (including phenoxy) is 2. The Hall–Kier alpha value is -3.20. The van der Waals surface area contributed by atoms with Crippen molar-refractivity contribution in [3.05, 3.63) is 46.9 Å². The van der Waals surface area contributed by atoms with Crippen LogP contribution < -0.4 is 25.8 Å². The number of hydrogen-bond acceptors (Lipinski definition) is 6. The Morgan fingerprint density at radius 3 is 2.67 bits per heavy atom. The highest BCUT2D eigenvalue weighted by molar-refractivity contribution is 6.32. The van der Waals surface area contributed by atoms with Crippen LogP contribution in [0.5, 0.6) is 11.5 Å². The minimum Gasteiger partial charge on any atom is -0.493 e. The zero-order valence-corrected chi connectivity index (χ0v) is 15.2. The molecular weight excluding hydrogens is 378 g/mol. The lowest BCUT2D eigenvalue weighted by molar-refractivity contribution is -0.120. The molecule has 9 nitrogen and oxygen atoms in total. The van der Waals surface area contributed by atoms with E-state index in [-0.39, 0.29) is 41.1 Å². The van der Waals surface area contributed by atoms with Crippen LogP contribution in [0.4, 0.5) is 0 Å². The van der Waals surface area contributed by atoms with Gasteiger partial charge in [0.15, 0.2) is 18.1 Å². The van der Waals surface area contributed by atoms with E-state index in [4.69, 9.17) is 31.2 Å². The molecule has 0 radical (unpaired) electrons. The summed E-state index contributed by atoms with van der Waals surface area (Å²) in [4.78, 5) is 34.9. The van der Waals surface area contributed by atoms with E-state index in [0.29, 0.717) is 5.76 Å². The number of rotatable bonds is 9. The lowest BCUT2D eigenvalue weighted by Gasteiger charge is -2.13. The van der Waals surface area contributed by atoms with Gasteiger partial charge in [0.2, 0.25) is 5.91 Å². The van der Waals surface area contributed by atoms with Crippen LogP contribution in [-0.2, 0) is 16.1 Å². The van der Waals surface area contributed by atoms with E-state index in [0.717, 1.165) is 0 Å². The standard InChI is InChI=1S/C17H18ClN3O6/c1-25-13-6-10(5-12(18)16(13)27-9-14(19)22)17(24)21-8-15(23)20-7-11-3-2-4-26-11/h2-6H,7-9H2,1H3,(H2,19,22)(H,20,23)(H,21,24). The number of primary amides is 1. The Labute approximate surface area is 159 Å². The summed E-state index contributed by atoms with van der Waals surface area (Å²) in [6.07, 6.45) is 1.50. The largest absolute Gasteiger partial charge is 0.493 e. The second-order valence-corrected chi connectivity index (χ2v) is 5.69. The number of carbonyl (C=O) groups excluding carboxylic acids is 3. The Morgan fingerprint density at radius 1 is 1.26 bits per heavy atom. The fourth-order valence-electron chi connectivity index (χ4n) is 2.06. The molecule has 4 N–H and O–H groups in total. The minimum absolute atomic E-state index is 0.0584. The van der Waals surface area contributed by atoms with Crippen molar-refractivity contribution in [3.8, 4) is 11.5 Å². The van der Waals surface area contributed by atoms with Crippen molar-refractivity contribution < 1.29 is 28.3 Å². The van der Waals surface area contributed by atoms with Crippen LogP contribution in [0.1, 0.15) is 16.1 Å². The molecule has 1 heterocycles. The number of hydrogen-bond donors (Lipinski definition) is 3. The molecule has 1 aromatic heterocycles. The van der Waals surface area contributed by atoms with Gasteiger partial charge >= 0.3 is 0 Å². The summed E-state index contributed by atoms with van der Waals surface area (Å²) < 4.78 is 15.4. The molecule has 0 saturated heterocycles. The van der Waals surface area contributed by atoms with Gasteiger partial charge in [-0.2, -0.15) is 0 Å². The number of benzene rings is 1. The second-order valence-electron chi connectivity index (χ2n) is 5.28. The van der Waals surface area contributed by atoms with Crippen molar-refractivity contribution in [2.75, 3.05) is 20.3 Å². The highest BCUT2D eigenvalue weighted by Crippen LogP contribution is 2.36. The third-order valence-electron chi connectivity index (χ3n) is 3.30. The summed E-state index contributed by atoms with van der Waals surface area (Å²) in [5.41, 5.74) is 5.18. The molecule has 0 spiro atoms. The molecule has 0 fully saturated rings. The van der Waals surface area contributed by atoms with E-state index >= 15 is 0 Å². The molecule has 10 heteroatoms. The average Bonchev–Trinajstić information content (AvgIpc) is 3.16. The highest BCUT2D eigenvalue weighted by atomic mass is 35.5. The summed E-state index contributed by atoms with van der Waals surface area (Å²) in [6, 6.07) is 6.13. The molecular formula is C17H18ClN3O6. The van der Waals surface area contributed by atoms with Gasteiger partial charge in [-0.25, -0.2) is 0 Å². The molecule has 1 aromatic carbocycles.